The summed E-state index contributed by atoms with van der Waals surface area (Å²) in [4.78, 5) is 28.2. The third-order valence-corrected chi connectivity index (χ3v) is 9.01. The summed E-state index contributed by atoms with van der Waals surface area (Å²) in [5.74, 6) is 1.66. The summed E-state index contributed by atoms with van der Waals surface area (Å²) in [6.07, 6.45) is 11.5. The second-order valence-corrected chi connectivity index (χ2v) is 10.5. The quantitative estimate of drug-likeness (QED) is 0.355. The average Bonchev–Trinajstić information content (AvgIpc) is 3.06. The van der Waals surface area contributed by atoms with E-state index in [-0.39, 0.29) is 41.9 Å². The maximum absolute atomic E-state index is 11.6. The van der Waals surface area contributed by atoms with Gasteiger partial charge in [-0.2, -0.15) is 0 Å². The van der Waals surface area contributed by atoms with E-state index in [2.05, 4.69) is 29.8 Å². The molecule has 0 unspecified atom stereocenters. The summed E-state index contributed by atoms with van der Waals surface area (Å²) in [5, 5.41) is 4.30. The molecular formula is C25H37NO5. The lowest BCUT2D eigenvalue weighted by Gasteiger charge is -2.58. The molecule has 0 aromatic rings. The summed E-state index contributed by atoms with van der Waals surface area (Å²) in [6, 6.07) is 0. The van der Waals surface area contributed by atoms with Gasteiger partial charge < -0.3 is 14.3 Å². The van der Waals surface area contributed by atoms with Crippen LogP contribution in [0.2, 0.25) is 0 Å². The largest absolute Gasteiger partial charge is 0.469 e. The first-order valence-corrected chi connectivity index (χ1v) is 11.9. The van der Waals surface area contributed by atoms with Gasteiger partial charge in [0.15, 0.2) is 0 Å². The number of oxime groups is 1. The van der Waals surface area contributed by atoms with Gasteiger partial charge in [-0.3, -0.25) is 9.59 Å². The van der Waals surface area contributed by atoms with Crippen LogP contribution in [0.3, 0.4) is 0 Å². The molecule has 0 amide bonds. The Hall–Kier alpha value is -1.85. The van der Waals surface area contributed by atoms with Gasteiger partial charge in [0.2, 0.25) is 0 Å². The van der Waals surface area contributed by atoms with E-state index in [1.54, 1.807) is 6.92 Å². The van der Waals surface area contributed by atoms with Gasteiger partial charge >= 0.3 is 11.9 Å². The molecule has 0 aromatic carbocycles. The molecule has 6 heteroatoms. The Kier molecular flexibility index (Phi) is 6.19. The van der Waals surface area contributed by atoms with Crippen molar-refractivity contribution in [1.29, 1.82) is 0 Å². The van der Waals surface area contributed by atoms with Crippen LogP contribution >= 0.6 is 0 Å². The van der Waals surface area contributed by atoms with Crippen molar-refractivity contribution < 1.29 is 23.9 Å². The van der Waals surface area contributed by atoms with E-state index < -0.39 is 0 Å². The second kappa shape index (κ2) is 8.59. The van der Waals surface area contributed by atoms with E-state index in [9.17, 15) is 9.59 Å². The Balaban J connectivity index is 1.45. The van der Waals surface area contributed by atoms with Crippen LogP contribution in [-0.4, -0.2) is 37.5 Å². The fourth-order valence-corrected chi connectivity index (χ4v) is 7.35. The molecule has 6 nitrogen and oxygen atoms in total. The van der Waals surface area contributed by atoms with Crippen molar-refractivity contribution >= 4 is 17.7 Å². The number of fused-ring (bicyclic) bond motifs is 5. The first-order valence-electron chi connectivity index (χ1n) is 11.9. The Morgan fingerprint density at radius 2 is 1.90 bits per heavy atom. The number of nitrogens with zero attached hydrogens (tertiary/aromatic N) is 1. The number of carbonyl (C=O) groups excluding carboxylic acids is 2. The number of ether oxygens (including phenoxy) is 2. The minimum atomic E-state index is -0.278. The first-order chi connectivity index (χ1) is 14.8. The number of hydrogen-bond acceptors (Lipinski definition) is 6. The molecule has 0 saturated heterocycles. The van der Waals surface area contributed by atoms with Crippen molar-refractivity contribution in [3.05, 3.63) is 11.6 Å². The molecule has 0 aliphatic heterocycles. The predicted molar refractivity (Wildman–Crippen MR) is 117 cm³/mol. The monoisotopic (exact) mass is 431 g/mol. The van der Waals surface area contributed by atoms with Crippen molar-refractivity contribution in [3.8, 4) is 0 Å². The van der Waals surface area contributed by atoms with Gasteiger partial charge in [-0.05, 0) is 80.6 Å². The molecule has 3 saturated carbocycles. The zero-order valence-corrected chi connectivity index (χ0v) is 19.4. The van der Waals surface area contributed by atoms with Crippen LogP contribution in [0.5, 0.6) is 0 Å². The minimum Gasteiger partial charge on any atom is -0.469 e. The summed E-state index contributed by atoms with van der Waals surface area (Å²) < 4.78 is 10.4. The summed E-state index contributed by atoms with van der Waals surface area (Å²) >= 11 is 0. The van der Waals surface area contributed by atoms with Crippen molar-refractivity contribution in [3.63, 3.8) is 0 Å². The number of esters is 2. The van der Waals surface area contributed by atoms with Gasteiger partial charge in [0.1, 0.15) is 12.7 Å². The Labute approximate surface area is 185 Å². The lowest BCUT2D eigenvalue weighted by atomic mass is 9.47. The van der Waals surface area contributed by atoms with Crippen LogP contribution in [0.25, 0.3) is 0 Å². The van der Waals surface area contributed by atoms with Gasteiger partial charge in [-0.15, -0.1) is 0 Å². The highest BCUT2D eigenvalue weighted by atomic mass is 16.6. The summed E-state index contributed by atoms with van der Waals surface area (Å²) in [7, 11) is 1.38. The molecule has 0 bridgehead atoms. The first kappa shape index (κ1) is 22.3. The SMILES string of the molecule is COC(=O)CCO/N=C1\C=C2CC[C@H]3[C@@H]4CC[C@H](OC(C)=O)[C@@]4(C)CC[C@@H]3[C@@]2(C)CC1. The topological polar surface area (TPSA) is 74.2 Å². The molecule has 0 N–H and O–H groups in total. The molecule has 0 radical (unpaired) electrons. The smallest absolute Gasteiger partial charge is 0.309 e. The zero-order valence-electron chi connectivity index (χ0n) is 19.4. The maximum atomic E-state index is 11.6. The van der Waals surface area contributed by atoms with Crippen LogP contribution in [0.4, 0.5) is 0 Å². The third kappa shape index (κ3) is 4.03. The molecule has 4 aliphatic carbocycles. The van der Waals surface area contributed by atoms with Crippen LogP contribution < -0.4 is 0 Å². The lowest BCUT2D eigenvalue weighted by Crippen LogP contribution is -2.51. The highest BCUT2D eigenvalue weighted by molar-refractivity contribution is 5.96. The molecular weight excluding hydrogens is 394 g/mol. The van der Waals surface area contributed by atoms with Gasteiger partial charge in [-0.25, -0.2) is 0 Å². The van der Waals surface area contributed by atoms with E-state index in [0.717, 1.165) is 43.7 Å². The van der Waals surface area contributed by atoms with Crippen LogP contribution in [0.1, 0.15) is 78.6 Å². The van der Waals surface area contributed by atoms with E-state index in [1.807, 2.05) is 0 Å². The number of allylic oxidation sites excluding steroid dienone is 2. The molecule has 0 spiro atoms. The van der Waals surface area contributed by atoms with Crippen LogP contribution in [0.15, 0.2) is 16.8 Å². The third-order valence-electron chi connectivity index (χ3n) is 9.01. The molecule has 172 valence electrons. The van der Waals surface area contributed by atoms with Crippen molar-refractivity contribution in [2.45, 2.75) is 84.7 Å². The van der Waals surface area contributed by atoms with Gasteiger partial charge in [0.05, 0.1) is 19.2 Å². The van der Waals surface area contributed by atoms with Gasteiger partial charge in [-0.1, -0.05) is 24.6 Å². The molecule has 4 aliphatic rings. The summed E-state index contributed by atoms with van der Waals surface area (Å²) in [5.41, 5.74) is 2.88. The lowest BCUT2D eigenvalue weighted by molar-refractivity contribution is -0.157. The molecule has 31 heavy (non-hydrogen) atoms. The molecule has 0 heterocycles. The number of methoxy groups -OCH3 is 1. The molecule has 0 aromatic heterocycles. The summed E-state index contributed by atoms with van der Waals surface area (Å²) in [6.45, 7) is 6.64. The normalized spacial score (nSPS) is 40.3. The number of rotatable bonds is 5. The van der Waals surface area contributed by atoms with Crippen molar-refractivity contribution in [1.82, 2.24) is 0 Å². The minimum absolute atomic E-state index is 0.0907. The van der Waals surface area contributed by atoms with Gasteiger partial charge in [0, 0.05) is 12.3 Å². The zero-order chi connectivity index (χ0) is 22.2. The maximum Gasteiger partial charge on any atom is 0.309 e. The van der Waals surface area contributed by atoms with Crippen molar-refractivity contribution in [2.24, 2.45) is 33.7 Å². The van der Waals surface area contributed by atoms with Gasteiger partial charge in [0.25, 0.3) is 0 Å². The number of carbonyl (C=O) groups is 2. The predicted octanol–water partition coefficient (Wildman–Crippen LogP) is 4.82. The van der Waals surface area contributed by atoms with E-state index in [4.69, 9.17) is 9.57 Å². The Bertz CT molecular complexity index is 789. The Morgan fingerprint density at radius 1 is 1.10 bits per heavy atom. The highest BCUT2D eigenvalue weighted by Crippen LogP contribution is 2.65. The fourth-order valence-electron chi connectivity index (χ4n) is 7.35. The fraction of sp³-hybridized carbons (Fsp3) is 0.800. The van der Waals surface area contributed by atoms with E-state index in [0.29, 0.717) is 11.8 Å². The van der Waals surface area contributed by atoms with Crippen molar-refractivity contribution in [2.75, 3.05) is 13.7 Å². The highest BCUT2D eigenvalue weighted by Gasteiger charge is 2.59. The molecule has 4 rings (SSSR count). The Morgan fingerprint density at radius 3 is 2.65 bits per heavy atom. The van der Waals surface area contributed by atoms with E-state index in [1.165, 1.54) is 31.9 Å². The second-order valence-electron chi connectivity index (χ2n) is 10.5. The molecule has 6 atom stereocenters. The van der Waals surface area contributed by atoms with Crippen LogP contribution in [-0.2, 0) is 23.9 Å². The average molecular weight is 432 g/mol. The standard InChI is InChI=1S/C25H37NO5/c1-16(27)31-22-8-7-20-19-6-5-17-15-18(26-30-14-11-23(28)29-4)9-12-24(17,2)21(19)10-13-25(20,22)3/h15,19-22H,5-14H2,1-4H3/b26-18-/t19-,20-,21-,22-,24-,25-/m0/s1. The number of hydrogen-bond donors (Lipinski definition) is 0. The van der Waals surface area contributed by atoms with E-state index >= 15 is 0 Å². The van der Waals surface area contributed by atoms with Crippen LogP contribution in [0, 0.1) is 28.6 Å². The molecule has 3 fully saturated rings.